The Balaban J connectivity index is 2.36. The van der Waals surface area contributed by atoms with Crippen molar-refractivity contribution in [1.82, 2.24) is 10.2 Å². The second-order valence-corrected chi connectivity index (χ2v) is 4.86. The first-order chi connectivity index (χ1) is 5.64. The minimum atomic E-state index is -0.531. The molecule has 1 atom stereocenters. The van der Waals surface area contributed by atoms with Crippen LogP contribution in [0.3, 0.4) is 0 Å². The molecule has 0 saturated carbocycles. The first kappa shape index (κ1) is 9.91. The van der Waals surface area contributed by atoms with Crippen molar-refractivity contribution in [3.8, 4) is 0 Å². The number of nitrogens with zero attached hydrogens (tertiary/aromatic N) is 2. The molecule has 0 bridgehead atoms. The first-order valence-electron chi connectivity index (χ1n) is 3.43. The van der Waals surface area contributed by atoms with Gasteiger partial charge in [0.1, 0.15) is 5.51 Å². The molecule has 3 N–H and O–H groups in total. The van der Waals surface area contributed by atoms with Gasteiger partial charge < -0.3 is 10.8 Å². The standard InChI is InChI=1S/C6H11N3OS2/c1-6(7,2-10)3-11-5-9-8-4-12-5/h4,10H,2-3,7H2,1H3. The van der Waals surface area contributed by atoms with Gasteiger partial charge in [-0.05, 0) is 6.92 Å². The highest BCUT2D eigenvalue weighted by Gasteiger charge is 2.17. The molecule has 12 heavy (non-hydrogen) atoms. The lowest BCUT2D eigenvalue weighted by molar-refractivity contribution is 0.224. The normalized spacial score (nSPS) is 15.9. The number of thioether (sulfide) groups is 1. The third-order valence-electron chi connectivity index (χ3n) is 1.23. The Hall–Kier alpha value is -0.170. The van der Waals surface area contributed by atoms with Gasteiger partial charge in [-0.15, -0.1) is 10.2 Å². The summed E-state index contributed by atoms with van der Waals surface area (Å²) in [5.41, 5.74) is 6.86. The van der Waals surface area contributed by atoms with E-state index in [9.17, 15) is 0 Å². The Labute approximate surface area is 79.2 Å². The van der Waals surface area contributed by atoms with Crippen molar-refractivity contribution in [3.63, 3.8) is 0 Å². The van der Waals surface area contributed by atoms with Crippen LogP contribution in [0.25, 0.3) is 0 Å². The topological polar surface area (TPSA) is 72.0 Å². The molecule has 0 fully saturated rings. The van der Waals surface area contributed by atoms with E-state index in [1.807, 2.05) is 0 Å². The number of hydrogen-bond acceptors (Lipinski definition) is 6. The average molecular weight is 205 g/mol. The van der Waals surface area contributed by atoms with Gasteiger partial charge in [0.15, 0.2) is 4.34 Å². The maximum atomic E-state index is 8.85. The van der Waals surface area contributed by atoms with Crippen LogP contribution in [0.1, 0.15) is 6.92 Å². The maximum Gasteiger partial charge on any atom is 0.174 e. The highest BCUT2D eigenvalue weighted by Crippen LogP contribution is 2.21. The predicted molar refractivity (Wildman–Crippen MR) is 50.3 cm³/mol. The number of rotatable bonds is 4. The molecule has 0 aliphatic rings. The van der Waals surface area contributed by atoms with Crippen LogP contribution >= 0.6 is 23.1 Å². The Morgan fingerprint density at radius 3 is 3.08 bits per heavy atom. The molecular weight excluding hydrogens is 194 g/mol. The minimum absolute atomic E-state index is 0.0151. The van der Waals surface area contributed by atoms with Crippen LogP contribution in [-0.2, 0) is 0 Å². The zero-order valence-electron chi connectivity index (χ0n) is 6.73. The summed E-state index contributed by atoms with van der Waals surface area (Å²) >= 11 is 3.00. The van der Waals surface area contributed by atoms with E-state index in [-0.39, 0.29) is 6.61 Å². The molecule has 0 amide bonds. The number of aliphatic hydroxyl groups excluding tert-OH is 1. The average Bonchev–Trinajstić information content (AvgIpc) is 2.53. The van der Waals surface area contributed by atoms with Gasteiger partial charge in [-0.1, -0.05) is 23.1 Å². The van der Waals surface area contributed by atoms with Crippen molar-refractivity contribution in [3.05, 3.63) is 5.51 Å². The van der Waals surface area contributed by atoms with Gasteiger partial charge in [0, 0.05) is 11.3 Å². The highest BCUT2D eigenvalue weighted by atomic mass is 32.2. The van der Waals surface area contributed by atoms with E-state index in [0.717, 1.165) is 4.34 Å². The molecule has 4 nitrogen and oxygen atoms in total. The number of hydrogen-bond donors (Lipinski definition) is 2. The molecular formula is C6H11N3OS2. The van der Waals surface area contributed by atoms with E-state index in [4.69, 9.17) is 10.8 Å². The SMILES string of the molecule is CC(N)(CO)CSc1nncs1. The molecule has 1 rings (SSSR count). The molecule has 0 aliphatic heterocycles. The zero-order chi connectivity index (χ0) is 9.03. The summed E-state index contributed by atoms with van der Waals surface area (Å²) in [7, 11) is 0. The van der Waals surface area contributed by atoms with Crippen LogP contribution < -0.4 is 5.73 Å². The molecule has 0 aliphatic carbocycles. The fraction of sp³-hybridized carbons (Fsp3) is 0.667. The van der Waals surface area contributed by atoms with Crippen LogP contribution in [0.5, 0.6) is 0 Å². The predicted octanol–water partition coefficient (Wildman–Crippen LogP) is 0.340. The lowest BCUT2D eigenvalue weighted by Gasteiger charge is -2.19. The fourth-order valence-corrected chi connectivity index (χ4v) is 2.00. The Bertz CT molecular complexity index is 225. The monoisotopic (exact) mass is 205 g/mol. The van der Waals surface area contributed by atoms with Gasteiger partial charge in [0.25, 0.3) is 0 Å². The fourth-order valence-electron chi connectivity index (χ4n) is 0.498. The largest absolute Gasteiger partial charge is 0.394 e. The van der Waals surface area contributed by atoms with E-state index in [1.54, 1.807) is 12.4 Å². The second kappa shape index (κ2) is 4.18. The summed E-state index contributed by atoms with van der Waals surface area (Å²) < 4.78 is 0.889. The van der Waals surface area contributed by atoms with Gasteiger partial charge in [-0.3, -0.25) is 0 Å². The third-order valence-corrected chi connectivity index (χ3v) is 3.48. The highest BCUT2D eigenvalue weighted by molar-refractivity contribution is 8.01. The van der Waals surface area contributed by atoms with Crippen LogP contribution in [0.2, 0.25) is 0 Å². The van der Waals surface area contributed by atoms with Crippen molar-refractivity contribution < 1.29 is 5.11 Å². The van der Waals surface area contributed by atoms with Crippen LogP contribution in [-0.4, -0.2) is 33.2 Å². The lowest BCUT2D eigenvalue weighted by atomic mass is 10.1. The van der Waals surface area contributed by atoms with Gasteiger partial charge in [-0.25, -0.2) is 0 Å². The smallest absolute Gasteiger partial charge is 0.174 e. The van der Waals surface area contributed by atoms with Crippen LogP contribution in [0, 0.1) is 0 Å². The Morgan fingerprint density at radius 2 is 2.58 bits per heavy atom. The number of nitrogens with two attached hydrogens (primary N) is 1. The van der Waals surface area contributed by atoms with Gasteiger partial charge in [0.05, 0.1) is 6.61 Å². The van der Waals surface area contributed by atoms with Crippen molar-refractivity contribution in [2.24, 2.45) is 5.73 Å². The molecule has 1 aromatic rings. The van der Waals surface area contributed by atoms with E-state index in [2.05, 4.69) is 10.2 Å². The summed E-state index contributed by atoms with van der Waals surface area (Å²) in [5.74, 6) is 0.651. The van der Waals surface area contributed by atoms with E-state index >= 15 is 0 Å². The van der Waals surface area contributed by atoms with Crippen LogP contribution in [0.15, 0.2) is 9.85 Å². The molecule has 1 heterocycles. The first-order valence-corrected chi connectivity index (χ1v) is 5.29. The maximum absolute atomic E-state index is 8.85. The quantitative estimate of drug-likeness (QED) is 0.694. The Kier molecular flexibility index (Phi) is 3.45. The summed E-state index contributed by atoms with van der Waals surface area (Å²) in [6.07, 6.45) is 0. The minimum Gasteiger partial charge on any atom is -0.394 e. The summed E-state index contributed by atoms with van der Waals surface area (Å²) in [5, 5.41) is 16.4. The molecule has 68 valence electrons. The van der Waals surface area contributed by atoms with Gasteiger partial charge in [-0.2, -0.15) is 0 Å². The lowest BCUT2D eigenvalue weighted by Crippen LogP contribution is -2.42. The van der Waals surface area contributed by atoms with Crippen molar-refractivity contribution in [1.29, 1.82) is 0 Å². The third kappa shape index (κ3) is 3.06. The van der Waals surface area contributed by atoms with E-state index < -0.39 is 5.54 Å². The van der Waals surface area contributed by atoms with Crippen molar-refractivity contribution in [2.45, 2.75) is 16.8 Å². The van der Waals surface area contributed by atoms with Gasteiger partial charge >= 0.3 is 0 Å². The van der Waals surface area contributed by atoms with E-state index in [1.165, 1.54) is 23.1 Å². The zero-order valence-corrected chi connectivity index (χ0v) is 8.36. The number of aromatic nitrogens is 2. The molecule has 1 unspecified atom stereocenters. The van der Waals surface area contributed by atoms with Crippen molar-refractivity contribution in [2.75, 3.05) is 12.4 Å². The molecule has 0 saturated heterocycles. The van der Waals surface area contributed by atoms with Crippen molar-refractivity contribution >= 4 is 23.1 Å². The summed E-state index contributed by atoms with van der Waals surface area (Å²) in [4.78, 5) is 0. The number of aliphatic hydroxyl groups is 1. The van der Waals surface area contributed by atoms with Crippen LogP contribution in [0.4, 0.5) is 0 Å². The molecule has 0 spiro atoms. The van der Waals surface area contributed by atoms with E-state index in [0.29, 0.717) is 5.75 Å². The molecule has 0 radical (unpaired) electrons. The summed E-state index contributed by atoms with van der Waals surface area (Å²) in [6, 6.07) is 0. The second-order valence-electron chi connectivity index (χ2n) is 2.81. The molecule has 1 aromatic heterocycles. The van der Waals surface area contributed by atoms with Gasteiger partial charge in [0.2, 0.25) is 0 Å². The Morgan fingerprint density at radius 1 is 1.83 bits per heavy atom. The molecule has 6 heteroatoms. The summed E-state index contributed by atoms with van der Waals surface area (Å²) in [6.45, 7) is 1.79. The molecule has 0 aromatic carbocycles.